The fourth-order valence-electron chi connectivity index (χ4n) is 2.54. The number of carbonyl (C=O) groups is 1. The summed E-state index contributed by atoms with van der Waals surface area (Å²) in [5.41, 5.74) is 2.17. The van der Waals surface area contributed by atoms with Crippen LogP contribution < -0.4 is 5.32 Å². The average Bonchev–Trinajstić information content (AvgIpc) is 2.91. The first-order chi connectivity index (χ1) is 11.2. The lowest BCUT2D eigenvalue weighted by Gasteiger charge is -2.06. The highest BCUT2D eigenvalue weighted by Gasteiger charge is 2.09. The minimum atomic E-state index is 0.0247. The summed E-state index contributed by atoms with van der Waals surface area (Å²) in [6, 6.07) is 17.9. The Morgan fingerprint density at radius 3 is 2.65 bits per heavy atom. The minimum absolute atomic E-state index is 0.0247. The van der Waals surface area contributed by atoms with Gasteiger partial charge in [-0.15, -0.1) is 0 Å². The zero-order valence-electron chi connectivity index (χ0n) is 12.7. The van der Waals surface area contributed by atoms with Crippen molar-refractivity contribution in [1.82, 2.24) is 15.1 Å². The van der Waals surface area contributed by atoms with Crippen molar-refractivity contribution in [1.29, 1.82) is 0 Å². The highest BCUT2D eigenvalue weighted by Crippen LogP contribution is 2.22. The zero-order chi connectivity index (χ0) is 16.1. The quantitative estimate of drug-likeness (QED) is 0.754. The number of hydrogen-bond donors (Lipinski definition) is 1. The Kier molecular flexibility index (Phi) is 4.93. The Balaban J connectivity index is 1.50. The second-order valence-electron chi connectivity index (χ2n) is 5.37. The number of nitrogens with zero attached hydrogens (tertiary/aromatic N) is 2. The first-order valence-electron chi connectivity index (χ1n) is 7.66. The molecule has 0 aliphatic heterocycles. The number of amides is 1. The van der Waals surface area contributed by atoms with Gasteiger partial charge in [0, 0.05) is 18.4 Å². The first-order valence-corrected chi connectivity index (χ1v) is 8.03. The molecule has 0 unspecified atom stereocenters. The molecule has 1 N–H and O–H groups in total. The lowest BCUT2D eigenvalue weighted by atomic mass is 10.1. The molecule has 0 aliphatic carbocycles. The van der Waals surface area contributed by atoms with E-state index >= 15 is 0 Å². The zero-order valence-corrected chi connectivity index (χ0v) is 13.5. The summed E-state index contributed by atoms with van der Waals surface area (Å²) < 4.78 is 1.79. The Morgan fingerprint density at radius 1 is 1.09 bits per heavy atom. The van der Waals surface area contributed by atoms with Gasteiger partial charge in [0.15, 0.2) is 5.15 Å². The number of benzene rings is 2. The van der Waals surface area contributed by atoms with Crippen LogP contribution in [0.1, 0.15) is 12.0 Å². The summed E-state index contributed by atoms with van der Waals surface area (Å²) in [5.74, 6) is 0.0247. The van der Waals surface area contributed by atoms with Gasteiger partial charge in [0.2, 0.25) is 5.91 Å². The maximum Gasteiger partial charge on any atom is 0.221 e. The van der Waals surface area contributed by atoms with Crippen molar-refractivity contribution in [3.8, 4) is 0 Å². The maximum absolute atomic E-state index is 12.0. The third kappa shape index (κ3) is 3.90. The molecule has 0 saturated carbocycles. The molecule has 0 radical (unpaired) electrons. The fourth-order valence-corrected chi connectivity index (χ4v) is 2.80. The number of hydrogen-bond acceptors (Lipinski definition) is 2. The molecule has 23 heavy (non-hydrogen) atoms. The van der Waals surface area contributed by atoms with Gasteiger partial charge in [-0.25, -0.2) is 0 Å². The number of rotatable bonds is 6. The summed E-state index contributed by atoms with van der Waals surface area (Å²) >= 11 is 6.11. The molecular formula is C18H18ClN3O. The molecule has 1 aromatic heterocycles. The predicted octanol–water partition coefficient (Wildman–Crippen LogP) is 3.44. The third-order valence-electron chi connectivity index (χ3n) is 3.74. The summed E-state index contributed by atoms with van der Waals surface area (Å²) in [4.78, 5) is 12.0. The molecule has 3 rings (SSSR count). The third-order valence-corrected chi connectivity index (χ3v) is 4.02. The van der Waals surface area contributed by atoms with Gasteiger partial charge < -0.3 is 5.32 Å². The van der Waals surface area contributed by atoms with Crippen molar-refractivity contribution in [2.45, 2.75) is 19.4 Å². The minimum Gasteiger partial charge on any atom is -0.356 e. The molecule has 2 aromatic carbocycles. The van der Waals surface area contributed by atoms with Gasteiger partial charge in [0.05, 0.1) is 12.1 Å². The predicted molar refractivity (Wildman–Crippen MR) is 92.5 cm³/mol. The van der Waals surface area contributed by atoms with Gasteiger partial charge in [-0.2, -0.15) is 5.10 Å². The highest BCUT2D eigenvalue weighted by atomic mass is 35.5. The molecule has 0 fully saturated rings. The number of carbonyl (C=O) groups excluding carboxylic acids is 1. The Labute approximate surface area is 140 Å². The Bertz CT molecular complexity index is 798. The Morgan fingerprint density at radius 2 is 1.83 bits per heavy atom. The Hall–Kier alpha value is -2.33. The van der Waals surface area contributed by atoms with Crippen LogP contribution in [0.4, 0.5) is 0 Å². The molecular weight excluding hydrogens is 310 g/mol. The van der Waals surface area contributed by atoms with Crippen LogP contribution in [0.5, 0.6) is 0 Å². The second-order valence-corrected chi connectivity index (χ2v) is 5.72. The topological polar surface area (TPSA) is 46.9 Å². The van der Waals surface area contributed by atoms with Crippen molar-refractivity contribution in [3.05, 3.63) is 65.3 Å². The van der Waals surface area contributed by atoms with Crippen LogP contribution in [0, 0.1) is 0 Å². The van der Waals surface area contributed by atoms with E-state index in [9.17, 15) is 4.79 Å². The normalized spacial score (nSPS) is 10.8. The van der Waals surface area contributed by atoms with E-state index in [-0.39, 0.29) is 5.91 Å². The molecule has 0 bridgehead atoms. The number of aromatic nitrogens is 2. The van der Waals surface area contributed by atoms with Crippen LogP contribution in [-0.4, -0.2) is 22.2 Å². The number of para-hydroxylation sites is 1. The number of fused-ring (bicyclic) bond motifs is 1. The van der Waals surface area contributed by atoms with E-state index in [1.807, 2.05) is 42.5 Å². The van der Waals surface area contributed by atoms with Crippen LogP contribution in [-0.2, 0) is 17.8 Å². The average molecular weight is 328 g/mol. The summed E-state index contributed by atoms with van der Waals surface area (Å²) in [7, 11) is 0. The van der Waals surface area contributed by atoms with E-state index in [1.54, 1.807) is 4.68 Å². The van der Waals surface area contributed by atoms with Crippen molar-refractivity contribution >= 4 is 28.4 Å². The van der Waals surface area contributed by atoms with Crippen molar-refractivity contribution in [3.63, 3.8) is 0 Å². The van der Waals surface area contributed by atoms with Gasteiger partial charge >= 0.3 is 0 Å². The van der Waals surface area contributed by atoms with E-state index in [0.29, 0.717) is 24.7 Å². The molecule has 118 valence electrons. The van der Waals surface area contributed by atoms with Crippen LogP contribution in [0.25, 0.3) is 10.9 Å². The first kappa shape index (κ1) is 15.6. The van der Waals surface area contributed by atoms with E-state index < -0.39 is 0 Å². The molecule has 0 spiro atoms. The lowest BCUT2D eigenvalue weighted by molar-refractivity contribution is -0.121. The molecule has 5 heteroatoms. The van der Waals surface area contributed by atoms with Crippen LogP contribution in [0.3, 0.4) is 0 Å². The van der Waals surface area contributed by atoms with Gasteiger partial charge in [0.1, 0.15) is 0 Å². The van der Waals surface area contributed by atoms with Crippen LogP contribution in [0.2, 0.25) is 5.15 Å². The number of nitrogens with one attached hydrogen (secondary N) is 1. The second kappa shape index (κ2) is 7.29. The number of halogens is 1. The van der Waals surface area contributed by atoms with Gasteiger partial charge in [-0.05, 0) is 24.1 Å². The van der Waals surface area contributed by atoms with Gasteiger partial charge in [-0.1, -0.05) is 54.1 Å². The van der Waals surface area contributed by atoms with E-state index in [4.69, 9.17) is 11.6 Å². The van der Waals surface area contributed by atoms with E-state index in [0.717, 1.165) is 17.3 Å². The van der Waals surface area contributed by atoms with Crippen molar-refractivity contribution in [2.75, 3.05) is 6.54 Å². The molecule has 0 saturated heterocycles. The smallest absolute Gasteiger partial charge is 0.221 e. The van der Waals surface area contributed by atoms with Crippen molar-refractivity contribution < 1.29 is 4.79 Å². The molecule has 0 aliphatic rings. The number of aryl methyl sites for hydroxylation is 1. The molecule has 1 heterocycles. The standard InChI is InChI=1S/C18H18ClN3O/c19-18-15-8-4-5-9-16(15)22(21-18)13-11-17(23)20-12-10-14-6-2-1-3-7-14/h1-9H,10-13H2,(H,20,23). The van der Waals surface area contributed by atoms with Crippen LogP contribution >= 0.6 is 11.6 Å². The van der Waals surface area contributed by atoms with Gasteiger partial charge in [0.25, 0.3) is 0 Å². The van der Waals surface area contributed by atoms with E-state index in [2.05, 4.69) is 22.5 Å². The monoisotopic (exact) mass is 327 g/mol. The van der Waals surface area contributed by atoms with Crippen molar-refractivity contribution in [2.24, 2.45) is 0 Å². The molecule has 1 amide bonds. The lowest BCUT2D eigenvalue weighted by Crippen LogP contribution is -2.26. The molecule has 3 aromatic rings. The fraction of sp³-hybridized carbons (Fsp3) is 0.222. The highest BCUT2D eigenvalue weighted by molar-refractivity contribution is 6.34. The van der Waals surface area contributed by atoms with Gasteiger partial charge in [-0.3, -0.25) is 9.48 Å². The SMILES string of the molecule is O=C(CCn1nc(Cl)c2ccccc21)NCCc1ccccc1. The summed E-state index contributed by atoms with van der Waals surface area (Å²) in [6.45, 7) is 1.16. The maximum atomic E-state index is 12.0. The van der Waals surface area contributed by atoms with E-state index in [1.165, 1.54) is 5.56 Å². The summed E-state index contributed by atoms with van der Waals surface area (Å²) in [6.07, 6.45) is 1.22. The van der Waals surface area contributed by atoms with Crippen LogP contribution in [0.15, 0.2) is 54.6 Å². The molecule has 0 atom stereocenters. The largest absolute Gasteiger partial charge is 0.356 e. The molecule has 4 nitrogen and oxygen atoms in total. The summed E-state index contributed by atoms with van der Waals surface area (Å²) in [5, 5.41) is 8.63.